The van der Waals surface area contributed by atoms with Crippen molar-refractivity contribution < 1.29 is 9.90 Å². The number of thiophene rings is 1. The normalized spacial score (nSPS) is 10.7. The van der Waals surface area contributed by atoms with Crippen molar-refractivity contribution in [1.29, 1.82) is 0 Å². The van der Waals surface area contributed by atoms with Gasteiger partial charge in [0.05, 0.1) is 5.56 Å². The lowest BCUT2D eigenvalue weighted by atomic mass is 10.1. The molecule has 0 spiro atoms. The van der Waals surface area contributed by atoms with Crippen molar-refractivity contribution in [1.82, 2.24) is 0 Å². The minimum absolute atomic E-state index is 0.415. The fourth-order valence-corrected chi connectivity index (χ4v) is 3.22. The molecule has 0 aliphatic rings. The van der Waals surface area contributed by atoms with Crippen molar-refractivity contribution in [2.45, 2.75) is 5.75 Å². The number of hydrogen-bond donors (Lipinski definition) is 1. The molecule has 0 atom stereocenters. The Morgan fingerprint density at radius 2 is 2.33 bits per heavy atom. The van der Waals surface area contributed by atoms with Crippen LogP contribution in [-0.4, -0.2) is 17.3 Å². The van der Waals surface area contributed by atoms with E-state index in [-0.39, 0.29) is 0 Å². The van der Waals surface area contributed by atoms with Crippen LogP contribution in [0.15, 0.2) is 23.6 Å². The molecule has 0 aliphatic heterocycles. The topological polar surface area (TPSA) is 37.3 Å². The molecule has 1 heterocycles. The molecule has 0 amide bonds. The van der Waals surface area contributed by atoms with Gasteiger partial charge in [-0.15, -0.1) is 11.3 Å². The van der Waals surface area contributed by atoms with Crippen molar-refractivity contribution in [2.24, 2.45) is 0 Å². The van der Waals surface area contributed by atoms with Crippen LogP contribution >= 0.6 is 23.1 Å². The van der Waals surface area contributed by atoms with Crippen molar-refractivity contribution in [3.05, 3.63) is 34.7 Å². The molecule has 2 aromatic rings. The summed E-state index contributed by atoms with van der Waals surface area (Å²) in [7, 11) is 0. The summed E-state index contributed by atoms with van der Waals surface area (Å²) in [5, 5.41) is 12.0. The Bertz CT molecular complexity index is 502. The maximum atomic E-state index is 11.1. The zero-order chi connectivity index (χ0) is 10.8. The molecule has 0 saturated heterocycles. The number of thioether (sulfide) groups is 1. The van der Waals surface area contributed by atoms with E-state index in [1.165, 1.54) is 0 Å². The smallest absolute Gasteiger partial charge is 0.336 e. The van der Waals surface area contributed by atoms with Gasteiger partial charge in [0.2, 0.25) is 0 Å². The predicted molar refractivity (Wildman–Crippen MR) is 66.0 cm³/mol. The monoisotopic (exact) mass is 238 g/mol. The van der Waals surface area contributed by atoms with Gasteiger partial charge in [-0.25, -0.2) is 4.79 Å². The van der Waals surface area contributed by atoms with Crippen LogP contribution in [0.25, 0.3) is 10.1 Å². The quantitative estimate of drug-likeness (QED) is 0.889. The van der Waals surface area contributed by atoms with Crippen molar-refractivity contribution in [2.75, 3.05) is 6.26 Å². The van der Waals surface area contributed by atoms with Gasteiger partial charge in [0.25, 0.3) is 0 Å². The first-order valence-corrected chi connectivity index (χ1v) is 6.72. The summed E-state index contributed by atoms with van der Waals surface area (Å²) >= 11 is 3.32. The number of rotatable bonds is 3. The number of carboxylic acids is 1. The molecule has 78 valence electrons. The zero-order valence-electron chi connectivity index (χ0n) is 8.19. The highest BCUT2D eigenvalue weighted by atomic mass is 32.2. The molecular weight excluding hydrogens is 228 g/mol. The van der Waals surface area contributed by atoms with Crippen LogP contribution in [0.1, 0.15) is 15.9 Å². The van der Waals surface area contributed by atoms with Crippen LogP contribution in [0.4, 0.5) is 0 Å². The van der Waals surface area contributed by atoms with Crippen LogP contribution in [0.2, 0.25) is 0 Å². The third kappa shape index (κ3) is 1.87. The van der Waals surface area contributed by atoms with Gasteiger partial charge in [0.1, 0.15) is 0 Å². The summed E-state index contributed by atoms with van der Waals surface area (Å²) < 4.78 is 1.05. The minimum atomic E-state index is -0.846. The number of benzene rings is 1. The molecule has 2 rings (SSSR count). The lowest BCUT2D eigenvalue weighted by Gasteiger charge is -2.00. The van der Waals surface area contributed by atoms with Crippen molar-refractivity contribution in [3.8, 4) is 0 Å². The highest BCUT2D eigenvalue weighted by Gasteiger charge is 2.12. The van der Waals surface area contributed by atoms with E-state index < -0.39 is 5.97 Å². The average Bonchev–Trinajstić information content (AvgIpc) is 2.62. The van der Waals surface area contributed by atoms with Crippen LogP contribution in [0.5, 0.6) is 0 Å². The lowest BCUT2D eigenvalue weighted by molar-refractivity contribution is 0.0699. The van der Waals surface area contributed by atoms with Gasteiger partial charge in [-0.2, -0.15) is 11.8 Å². The van der Waals surface area contributed by atoms with Gasteiger partial charge in [-0.1, -0.05) is 6.07 Å². The summed E-state index contributed by atoms with van der Waals surface area (Å²) in [6, 6.07) is 5.43. The van der Waals surface area contributed by atoms with E-state index in [0.717, 1.165) is 21.4 Å². The van der Waals surface area contributed by atoms with E-state index in [9.17, 15) is 4.79 Å². The molecule has 0 bridgehead atoms. The molecule has 4 heteroatoms. The molecule has 2 nitrogen and oxygen atoms in total. The fraction of sp³-hybridized carbons (Fsp3) is 0.182. The highest BCUT2D eigenvalue weighted by Crippen LogP contribution is 2.31. The Labute approximate surface area is 95.9 Å². The number of carboxylic acid groups (broad SMARTS) is 1. The summed E-state index contributed by atoms with van der Waals surface area (Å²) in [6.07, 6.45) is 2.02. The Morgan fingerprint density at radius 1 is 1.53 bits per heavy atom. The number of hydrogen-bond acceptors (Lipinski definition) is 3. The summed E-state index contributed by atoms with van der Waals surface area (Å²) in [5.41, 5.74) is 1.54. The van der Waals surface area contributed by atoms with Gasteiger partial charge in [-0.05, 0) is 29.3 Å². The highest BCUT2D eigenvalue weighted by molar-refractivity contribution is 7.97. The second-order valence-corrected chi connectivity index (χ2v) is 4.96. The van der Waals surface area contributed by atoms with Crippen LogP contribution in [0.3, 0.4) is 0 Å². The number of aromatic carboxylic acids is 1. The SMILES string of the molecule is CSCc1csc2cccc(C(=O)O)c12. The summed E-state index contributed by atoms with van der Waals surface area (Å²) in [4.78, 5) is 11.1. The Kier molecular flexibility index (Phi) is 2.98. The third-order valence-electron chi connectivity index (χ3n) is 2.21. The number of carbonyl (C=O) groups is 1. The first kappa shape index (κ1) is 10.5. The third-order valence-corrected chi connectivity index (χ3v) is 3.80. The standard InChI is InChI=1S/C11H10O2S2/c1-14-5-7-6-15-9-4-2-3-8(10(7)9)11(12)13/h2-4,6H,5H2,1H3,(H,12,13). The Hall–Kier alpha value is -1.00. The number of fused-ring (bicyclic) bond motifs is 1. The maximum absolute atomic E-state index is 11.1. The molecule has 0 aliphatic carbocycles. The molecule has 0 unspecified atom stereocenters. The van der Waals surface area contributed by atoms with Crippen LogP contribution in [-0.2, 0) is 5.75 Å². The van der Waals surface area contributed by atoms with Crippen LogP contribution < -0.4 is 0 Å². The zero-order valence-corrected chi connectivity index (χ0v) is 9.82. The van der Waals surface area contributed by atoms with E-state index in [0.29, 0.717) is 5.56 Å². The van der Waals surface area contributed by atoms with Gasteiger partial charge in [-0.3, -0.25) is 0 Å². The van der Waals surface area contributed by atoms with E-state index in [4.69, 9.17) is 5.11 Å². The van der Waals surface area contributed by atoms with E-state index >= 15 is 0 Å². The van der Waals surface area contributed by atoms with Crippen LogP contribution in [0, 0.1) is 0 Å². The van der Waals surface area contributed by atoms with Gasteiger partial charge in [0.15, 0.2) is 0 Å². The molecule has 1 N–H and O–H groups in total. The fourth-order valence-electron chi connectivity index (χ4n) is 1.59. The lowest BCUT2D eigenvalue weighted by Crippen LogP contribution is -1.97. The van der Waals surface area contributed by atoms with Gasteiger partial charge in [0, 0.05) is 15.8 Å². The Morgan fingerprint density at radius 3 is 3.00 bits per heavy atom. The predicted octanol–water partition coefficient (Wildman–Crippen LogP) is 3.46. The van der Waals surface area contributed by atoms with E-state index in [1.54, 1.807) is 35.2 Å². The van der Waals surface area contributed by atoms with Crippen molar-refractivity contribution in [3.63, 3.8) is 0 Å². The van der Waals surface area contributed by atoms with Crippen molar-refractivity contribution >= 4 is 39.2 Å². The summed E-state index contributed by atoms with van der Waals surface area (Å²) in [5.74, 6) is 0.0194. The van der Waals surface area contributed by atoms with Gasteiger partial charge >= 0.3 is 5.97 Å². The molecule has 0 fully saturated rings. The first-order valence-electron chi connectivity index (χ1n) is 4.45. The van der Waals surface area contributed by atoms with E-state index in [2.05, 4.69) is 0 Å². The molecule has 1 aromatic carbocycles. The molecule has 15 heavy (non-hydrogen) atoms. The second-order valence-electron chi connectivity index (χ2n) is 3.18. The average molecular weight is 238 g/mol. The largest absolute Gasteiger partial charge is 0.478 e. The minimum Gasteiger partial charge on any atom is -0.478 e. The first-order chi connectivity index (χ1) is 7.24. The summed E-state index contributed by atoms with van der Waals surface area (Å²) in [6.45, 7) is 0. The molecule has 0 saturated carbocycles. The second kappa shape index (κ2) is 4.24. The van der Waals surface area contributed by atoms with E-state index in [1.807, 2.05) is 17.7 Å². The molecule has 1 aromatic heterocycles. The Balaban J connectivity index is 2.69. The maximum Gasteiger partial charge on any atom is 0.336 e. The molecule has 0 radical (unpaired) electrons. The molecular formula is C11H10O2S2. The van der Waals surface area contributed by atoms with Gasteiger partial charge < -0.3 is 5.11 Å².